The van der Waals surface area contributed by atoms with Gasteiger partial charge in [0, 0.05) is 0 Å². The maximum Gasteiger partial charge on any atom is 3.00 e. The normalized spacial score (nSPS) is 51.3. The molecule has 0 aromatic carbocycles. The Morgan fingerprint density at radius 3 is 2.55 bits per heavy atom. The van der Waals surface area contributed by atoms with Gasteiger partial charge in [0.15, 0.2) is 0 Å². The van der Waals surface area contributed by atoms with Gasteiger partial charge < -0.3 is 31.1 Å². The van der Waals surface area contributed by atoms with E-state index in [0.717, 1.165) is 23.7 Å². The predicted octanol–water partition coefficient (Wildman–Crippen LogP) is 2.27. The molecule has 0 bridgehead atoms. The first-order chi connectivity index (χ1) is 4.93. The first-order valence-corrected chi connectivity index (χ1v) is 4.47. The molecule has 4 unspecified atom stereocenters. The Morgan fingerprint density at radius 2 is 2.18 bits per heavy atom. The van der Waals surface area contributed by atoms with Gasteiger partial charge in [0.05, 0.1) is 0 Å². The second-order valence-electron chi connectivity index (χ2n) is 4.00. The minimum absolute atomic E-state index is 0. The van der Waals surface area contributed by atoms with E-state index in [0.29, 0.717) is 0 Å². The SMILES string of the molecule is [CH-]1CCC1[CH-]C1[CH-]C2CC12.[Fe+3]. The van der Waals surface area contributed by atoms with E-state index in [-0.39, 0.29) is 17.1 Å². The molecule has 0 amide bonds. The van der Waals surface area contributed by atoms with Crippen LogP contribution in [0.1, 0.15) is 19.3 Å². The molecule has 0 nitrogen and oxygen atoms in total. The molecule has 0 aromatic rings. The van der Waals surface area contributed by atoms with Crippen molar-refractivity contribution in [3.63, 3.8) is 0 Å². The average molecular weight is 189 g/mol. The van der Waals surface area contributed by atoms with Crippen LogP contribution in [-0.2, 0) is 17.1 Å². The van der Waals surface area contributed by atoms with Crippen LogP contribution in [0, 0.1) is 42.9 Å². The van der Waals surface area contributed by atoms with Gasteiger partial charge >= 0.3 is 17.1 Å². The van der Waals surface area contributed by atoms with E-state index in [1.54, 1.807) is 0 Å². The molecule has 3 rings (SSSR count). The largest absolute Gasteiger partial charge is 3.00 e. The van der Waals surface area contributed by atoms with Crippen molar-refractivity contribution in [2.24, 2.45) is 23.7 Å². The van der Waals surface area contributed by atoms with E-state index >= 15 is 0 Å². The standard InChI is InChI=1S/C10H13.Fe/c1-2-7(3-1)4-8-5-9-6-10(8)9;/h2,4-5,7-10H,1,3,6H2;/q-3;+3. The second-order valence-corrected chi connectivity index (χ2v) is 4.00. The van der Waals surface area contributed by atoms with Crippen molar-refractivity contribution >= 4 is 0 Å². The smallest absolute Gasteiger partial charge is 0.380 e. The first kappa shape index (κ1) is 8.13. The van der Waals surface area contributed by atoms with Crippen LogP contribution in [0.4, 0.5) is 0 Å². The molecule has 0 saturated heterocycles. The predicted molar refractivity (Wildman–Crippen MR) is 40.7 cm³/mol. The molecular formula is C10H13Fe. The number of hydrogen-bond acceptors (Lipinski definition) is 0. The quantitative estimate of drug-likeness (QED) is 0.461. The van der Waals surface area contributed by atoms with E-state index in [2.05, 4.69) is 19.3 Å². The summed E-state index contributed by atoms with van der Waals surface area (Å²) in [7, 11) is 0. The van der Waals surface area contributed by atoms with Crippen LogP contribution in [0.2, 0.25) is 0 Å². The summed E-state index contributed by atoms with van der Waals surface area (Å²) >= 11 is 0. The molecule has 0 spiro atoms. The maximum atomic E-state index is 2.57. The third-order valence-electron chi connectivity index (χ3n) is 3.29. The zero-order valence-corrected chi connectivity index (χ0v) is 7.62. The molecule has 4 atom stereocenters. The van der Waals surface area contributed by atoms with Crippen LogP contribution < -0.4 is 0 Å². The molecular weight excluding hydrogens is 176 g/mol. The summed E-state index contributed by atoms with van der Waals surface area (Å²) in [5.74, 6) is 3.98. The minimum atomic E-state index is 0. The van der Waals surface area contributed by atoms with Crippen LogP contribution in [0.25, 0.3) is 0 Å². The zero-order chi connectivity index (χ0) is 6.55. The van der Waals surface area contributed by atoms with Gasteiger partial charge in [-0.2, -0.15) is 12.3 Å². The van der Waals surface area contributed by atoms with Gasteiger partial charge in [-0.1, -0.05) is 6.42 Å². The van der Waals surface area contributed by atoms with Gasteiger partial charge in [0.2, 0.25) is 0 Å². The summed E-state index contributed by atoms with van der Waals surface area (Å²) in [5, 5.41) is 0. The summed E-state index contributed by atoms with van der Waals surface area (Å²) < 4.78 is 0. The van der Waals surface area contributed by atoms with Crippen LogP contribution in [-0.4, -0.2) is 0 Å². The van der Waals surface area contributed by atoms with Crippen molar-refractivity contribution < 1.29 is 17.1 Å². The molecule has 0 aromatic heterocycles. The van der Waals surface area contributed by atoms with E-state index in [1.165, 1.54) is 19.3 Å². The minimum Gasteiger partial charge on any atom is -0.380 e. The van der Waals surface area contributed by atoms with E-state index < -0.39 is 0 Å². The topological polar surface area (TPSA) is 0 Å². The average Bonchev–Trinajstić information content (AvgIpc) is 2.38. The third kappa shape index (κ3) is 1.27. The van der Waals surface area contributed by atoms with Crippen molar-refractivity contribution in [3.05, 3.63) is 19.3 Å². The van der Waals surface area contributed by atoms with E-state index in [4.69, 9.17) is 0 Å². The number of rotatable bonds is 2. The molecule has 1 radical (unpaired) electrons. The fourth-order valence-electron chi connectivity index (χ4n) is 2.21. The molecule has 0 N–H and O–H groups in total. The maximum absolute atomic E-state index is 2.57. The Labute approximate surface area is 79.6 Å². The van der Waals surface area contributed by atoms with Crippen LogP contribution in [0.3, 0.4) is 0 Å². The van der Waals surface area contributed by atoms with Gasteiger partial charge in [0.25, 0.3) is 0 Å². The molecule has 61 valence electrons. The summed E-state index contributed by atoms with van der Waals surface area (Å²) in [5.41, 5.74) is 0. The fourth-order valence-corrected chi connectivity index (χ4v) is 2.21. The Morgan fingerprint density at radius 1 is 1.36 bits per heavy atom. The van der Waals surface area contributed by atoms with Crippen LogP contribution in [0.15, 0.2) is 0 Å². The Bertz CT molecular complexity index is 151. The van der Waals surface area contributed by atoms with Crippen molar-refractivity contribution in [2.45, 2.75) is 19.3 Å². The first-order valence-electron chi connectivity index (χ1n) is 4.47. The summed E-state index contributed by atoms with van der Waals surface area (Å²) in [6, 6.07) is 0. The fraction of sp³-hybridized carbons (Fsp3) is 0.700. The summed E-state index contributed by atoms with van der Waals surface area (Å²) in [6.45, 7) is 0. The Kier molecular flexibility index (Phi) is 2.06. The van der Waals surface area contributed by atoms with Gasteiger partial charge in [-0.05, 0) is 0 Å². The third-order valence-corrected chi connectivity index (χ3v) is 3.29. The Balaban J connectivity index is 0.000000480. The van der Waals surface area contributed by atoms with Gasteiger partial charge in [-0.25, -0.2) is 0 Å². The van der Waals surface area contributed by atoms with E-state index in [1.807, 2.05) is 0 Å². The molecule has 0 aliphatic heterocycles. The monoisotopic (exact) mass is 189 g/mol. The van der Waals surface area contributed by atoms with Crippen molar-refractivity contribution in [1.29, 1.82) is 0 Å². The molecule has 1 heteroatoms. The van der Waals surface area contributed by atoms with Crippen LogP contribution in [0.5, 0.6) is 0 Å². The summed E-state index contributed by atoms with van der Waals surface area (Å²) in [4.78, 5) is 0. The number of fused-ring (bicyclic) bond motifs is 1. The van der Waals surface area contributed by atoms with Crippen molar-refractivity contribution in [3.8, 4) is 0 Å². The molecule has 3 fully saturated rings. The van der Waals surface area contributed by atoms with Gasteiger partial charge in [-0.3, -0.25) is 0 Å². The molecule has 3 aliphatic carbocycles. The van der Waals surface area contributed by atoms with Crippen molar-refractivity contribution in [1.82, 2.24) is 0 Å². The summed E-state index contributed by atoms with van der Waals surface area (Å²) in [6.07, 6.45) is 11.9. The van der Waals surface area contributed by atoms with Gasteiger partial charge in [0.1, 0.15) is 0 Å². The van der Waals surface area contributed by atoms with Crippen LogP contribution >= 0.6 is 0 Å². The molecule has 3 saturated carbocycles. The van der Waals surface area contributed by atoms with Gasteiger partial charge in [-0.15, -0.1) is 12.3 Å². The molecule has 0 heterocycles. The Hall–Kier alpha value is 0.519. The molecule has 11 heavy (non-hydrogen) atoms. The van der Waals surface area contributed by atoms with E-state index in [9.17, 15) is 0 Å². The molecule has 3 aliphatic rings. The zero-order valence-electron chi connectivity index (χ0n) is 6.52. The second kappa shape index (κ2) is 2.78. The van der Waals surface area contributed by atoms with Crippen molar-refractivity contribution in [2.75, 3.05) is 0 Å². The number of hydrogen-bond donors (Lipinski definition) is 0.